The lowest BCUT2D eigenvalue weighted by Crippen LogP contribution is -2.06. The number of unbranched alkanes of at least 4 members (excludes halogenated alkanes) is 1. The number of hydrogen-bond acceptors (Lipinski definition) is 2. The number of rotatable bonds is 7. The van der Waals surface area contributed by atoms with Crippen LogP contribution < -0.4 is 0 Å². The Morgan fingerprint density at radius 3 is 3.06 bits per heavy atom. The van der Waals surface area contributed by atoms with Gasteiger partial charge in [0.15, 0.2) is 5.69 Å². The maximum Gasteiger partial charge on any atom is 0.356 e. The summed E-state index contributed by atoms with van der Waals surface area (Å²) in [5.41, 5.74) is 0.934. The first-order chi connectivity index (χ1) is 7.70. The van der Waals surface area contributed by atoms with Gasteiger partial charge in [0.05, 0.1) is 0 Å². The van der Waals surface area contributed by atoms with Gasteiger partial charge >= 0.3 is 5.97 Å². The summed E-state index contributed by atoms with van der Waals surface area (Å²) in [5, 5.41) is 15.4. The van der Waals surface area contributed by atoms with Crippen molar-refractivity contribution in [3.8, 4) is 0 Å². The molecule has 0 fully saturated rings. The lowest BCUT2D eigenvalue weighted by Gasteiger charge is -2.13. The van der Waals surface area contributed by atoms with Gasteiger partial charge in [-0.2, -0.15) is 5.10 Å². The van der Waals surface area contributed by atoms with Crippen LogP contribution >= 0.6 is 0 Å². The molecule has 0 aliphatic rings. The standard InChI is InChI=1S/C12H18N2O2/c1-3-5-7-9(6-4-2)10-8-13-14-11(10)12(15)16/h4,8-9H,2-3,5-7H2,1H3,(H,13,14)(H,15,16). The second kappa shape index (κ2) is 6.10. The molecule has 1 atom stereocenters. The van der Waals surface area contributed by atoms with Crippen LogP contribution in [0.4, 0.5) is 0 Å². The number of H-pyrrole nitrogens is 1. The summed E-state index contributed by atoms with van der Waals surface area (Å²) < 4.78 is 0. The molecule has 0 spiro atoms. The molecule has 0 saturated carbocycles. The SMILES string of the molecule is C=CCC(CCCC)c1c[nH]nc1C(=O)O. The van der Waals surface area contributed by atoms with Crippen LogP contribution in [-0.4, -0.2) is 21.3 Å². The zero-order valence-electron chi connectivity index (χ0n) is 9.57. The molecule has 1 rings (SSSR count). The Labute approximate surface area is 95.4 Å². The summed E-state index contributed by atoms with van der Waals surface area (Å²) in [6.07, 6.45) is 7.48. The molecule has 0 saturated heterocycles. The highest BCUT2D eigenvalue weighted by Gasteiger charge is 2.20. The predicted molar refractivity (Wildman–Crippen MR) is 62.6 cm³/mol. The fourth-order valence-corrected chi connectivity index (χ4v) is 1.83. The van der Waals surface area contributed by atoms with Gasteiger partial charge in [-0.3, -0.25) is 5.10 Å². The normalized spacial score (nSPS) is 12.3. The van der Waals surface area contributed by atoms with Crippen LogP contribution in [-0.2, 0) is 0 Å². The number of aromatic amines is 1. The Bertz CT molecular complexity index is 358. The van der Waals surface area contributed by atoms with E-state index >= 15 is 0 Å². The highest BCUT2D eigenvalue weighted by atomic mass is 16.4. The molecule has 1 heterocycles. The molecule has 1 aromatic heterocycles. The smallest absolute Gasteiger partial charge is 0.356 e. The highest BCUT2D eigenvalue weighted by molar-refractivity contribution is 5.87. The van der Waals surface area contributed by atoms with E-state index in [0.29, 0.717) is 0 Å². The van der Waals surface area contributed by atoms with Gasteiger partial charge in [0.1, 0.15) is 0 Å². The second-order valence-electron chi connectivity index (χ2n) is 3.86. The minimum atomic E-state index is -0.971. The number of hydrogen-bond donors (Lipinski definition) is 2. The average molecular weight is 222 g/mol. The van der Waals surface area contributed by atoms with E-state index < -0.39 is 5.97 Å². The van der Waals surface area contributed by atoms with E-state index in [-0.39, 0.29) is 11.6 Å². The molecular formula is C12H18N2O2. The monoisotopic (exact) mass is 222 g/mol. The molecule has 88 valence electrons. The van der Waals surface area contributed by atoms with Gasteiger partial charge in [-0.25, -0.2) is 4.79 Å². The Kier molecular flexibility index (Phi) is 4.76. The van der Waals surface area contributed by atoms with Crippen molar-refractivity contribution in [2.75, 3.05) is 0 Å². The van der Waals surface area contributed by atoms with E-state index in [1.807, 2.05) is 6.08 Å². The summed E-state index contributed by atoms with van der Waals surface area (Å²) >= 11 is 0. The van der Waals surface area contributed by atoms with E-state index in [4.69, 9.17) is 5.11 Å². The van der Waals surface area contributed by atoms with Gasteiger partial charge in [-0.05, 0) is 18.8 Å². The van der Waals surface area contributed by atoms with Gasteiger partial charge < -0.3 is 5.11 Å². The zero-order valence-corrected chi connectivity index (χ0v) is 9.57. The third-order valence-corrected chi connectivity index (χ3v) is 2.67. The van der Waals surface area contributed by atoms with E-state index in [2.05, 4.69) is 23.7 Å². The molecular weight excluding hydrogens is 204 g/mol. The molecule has 0 aliphatic heterocycles. The average Bonchev–Trinajstić information content (AvgIpc) is 2.73. The Hall–Kier alpha value is -1.58. The third kappa shape index (κ3) is 2.95. The van der Waals surface area contributed by atoms with Crippen LogP contribution in [0.1, 0.15) is 54.6 Å². The van der Waals surface area contributed by atoms with Crippen molar-refractivity contribution in [3.63, 3.8) is 0 Å². The summed E-state index contributed by atoms with van der Waals surface area (Å²) in [6.45, 7) is 5.84. The predicted octanol–water partition coefficient (Wildman–Crippen LogP) is 2.96. The van der Waals surface area contributed by atoms with Crippen LogP contribution in [0.3, 0.4) is 0 Å². The first-order valence-corrected chi connectivity index (χ1v) is 5.58. The number of carboxylic acids is 1. The van der Waals surface area contributed by atoms with Crippen molar-refractivity contribution in [2.24, 2.45) is 0 Å². The summed E-state index contributed by atoms with van der Waals surface area (Å²) in [7, 11) is 0. The largest absolute Gasteiger partial charge is 0.476 e. The topological polar surface area (TPSA) is 66.0 Å². The van der Waals surface area contributed by atoms with Crippen molar-refractivity contribution >= 4 is 5.97 Å². The molecule has 0 amide bonds. The molecule has 0 aliphatic carbocycles. The maximum absolute atomic E-state index is 11.0. The van der Waals surface area contributed by atoms with E-state index in [1.54, 1.807) is 6.20 Å². The van der Waals surface area contributed by atoms with Crippen molar-refractivity contribution in [3.05, 3.63) is 30.1 Å². The number of aromatic nitrogens is 2. The first kappa shape index (κ1) is 12.5. The fraction of sp³-hybridized carbons (Fsp3) is 0.500. The third-order valence-electron chi connectivity index (χ3n) is 2.67. The number of carbonyl (C=O) groups is 1. The minimum Gasteiger partial charge on any atom is -0.476 e. The van der Waals surface area contributed by atoms with Crippen molar-refractivity contribution in [1.82, 2.24) is 10.2 Å². The van der Waals surface area contributed by atoms with Gasteiger partial charge in [-0.15, -0.1) is 6.58 Å². The molecule has 16 heavy (non-hydrogen) atoms. The Morgan fingerprint density at radius 2 is 2.50 bits per heavy atom. The number of aromatic carboxylic acids is 1. The number of nitrogens with one attached hydrogen (secondary N) is 1. The Morgan fingerprint density at radius 1 is 1.75 bits per heavy atom. The van der Waals surface area contributed by atoms with Gasteiger partial charge in [-0.1, -0.05) is 25.8 Å². The summed E-state index contributed by atoms with van der Waals surface area (Å²) in [5.74, 6) is -0.760. The van der Waals surface area contributed by atoms with Gasteiger partial charge in [0.25, 0.3) is 0 Å². The maximum atomic E-state index is 11.0. The molecule has 4 heteroatoms. The number of nitrogens with zero attached hydrogens (tertiary/aromatic N) is 1. The molecule has 1 aromatic rings. The number of allylic oxidation sites excluding steroid dienone is 1. The van der Waals surface area contributed by atoms with Gasteiger partial charge in [0.2, 0.25) is 0 Å². The minimum absolute atomic E-state index is 0.142. The molecule has 1 unspecified atom stereocenters. The molecule has 0 radical (unpaired) electrons. The zero-order chi connectivity index (χ0) is 12.0. The van der Waals surface area contributed by atoms with E-state index in [1.165, 1.54) is 0 Å². The lowest BCUT2D eigenvalue weighted by atomic mass is 9.91. The lowest BCUT2D eigenvalue weighted by molar-refractivity contribution is 0.0688. The quantitative estimate of drug-likeness (QED) is 0.697. The molecule has 0 bridgehead atoms. The van der Waals surface area contributed by atoms with Crippen LogP contribution in [0.5, 0.6) is 0 Å². The highest BCUT2D eigenvalue weighted by Crippen LogP contribution is 2.27. The van der Waals surface area contributed by atoms with Crippen LogP contribution in [0.25, 0.3) is 0 Å². The van der Waals surface area contributed by atoms with E-state index in [9.17, 15) is 4.79 Å². The van der Waals surface area contributed by atoms with E-state index in [0.717, 1.165) is 31.2 Å². The Balaban J connectivity index is 2.86. The van der Waals surface area contributed by atoms with Crippen LogP contribution in [0.2, 0.25) is 0 Å². The molecule has 0 aromatic carbocycles. The van der Waals surface area contributed by atoms with Crippen molar-refractivity contribution in [2.45, 2.75) is 38.5 Å². The molecule has 4 nitrogen and oxygen atoms in total. The summed E-state index contributed by atoms with van der Waals surface area (Å²) in [6, 6.07) is 0. The second-order valence-corrected chi connectivity index (χ2v) is 3.86. The van der Waals surface area contributed by atoms with Crippen LogP contribution in [0, 0.1) is 0 Å². The fourth-order valence-electron chi connectivity index (χ4n) is 1.83. The van der Waals surface area contributed by atoms with Crippen LogP contribution in [0.15, 0.2) is 18.9 Å². The first-order valence-electron chi connectivity index (χ1n) is 5.58. The van der Waals surface area contributed by atoms with Gasteiger partial charge in [0, 0.05) is 11.8 Å². The molecule has 2 N–H and O–H groups in total. The number of carboxylic acid groups (broad SMARTS) is 1. The van der Waals surface area contributed by atoms with Crippen molar-refractivity contribution in [1.29, 1.82) is 0 Å². The summed E-state index contributed by atoms with van der Waals surface area (Å²) in [4.78, 5) is 11.0. The van der Waals surface area contributed by atoms with Crippen molar-refractivity contribution < 1.29 is 9.90 Å².